The van der Waals surface area contributed by atoms with Crippen molar-refractivity contribution in [2.24, 2.45) is 0 Å². The van der Waals surface area contributed by atoms with E-state index in [4.69, 9.17) is 0 Å². The van der Waals surface area contributed by atoms with Crippen molar-refractivity contribution in [1.29, 1.82) is 5.26 Å². The molecule has 0 saturated heterocycles. The third-order valence-corrected chi connectivity index (χ3v) is 5.68. The molecule has 3 aromatic rings. The molecule has 3 heterocycles. The molecule has 1 amide bonds. The first-order valence-electron chi connectivity index (χ1n) is 10.6. The summed E-state index contributed by atoms with van der Waals surface area (Å²) in [6.07, 6.45) is -1.19. The van der Waals surface area contributed by atoms with Crippen molar-refractivity contribution >= 4 is 23.4 Å². The molecule has 5 N–H and O–H groups in total. The normalized spacial score (nSPS) is 16.5. The SMILES string of the molecule is CNC(=O)c1cc(Nc2nccc(-c3cc(C#N)c4c(c3)[C@@](C)(NCO)CN4)n2)nn1CC(F)F. The fraction of sp³-hybridized carbons (Fsp3) is 0.318. The van der Waals surface area contributed by atoms with Crippen LogP contribution in [0.3, 0.4) is 0 Å². The number of aromatic nitrogens is 4. The lowest BCUT2D eigenvalue weighted by Gasteiger charge is -2.25. The molecule has 2 aromatic heterocycles. The summed E-state index contributed by atoms with van der Waals surface area (Å²) in [5.74, 6) is -0.311. The number of carbonyl (C=O) groups excluding carboxylic acids is 1. The molecule has 0 fully saturated rings. The van der Waals surface area contributed by atoms with Crippen LogP contribution < -0.4 is 21.3 Å². The summed E-state index contributed by atoms with van der Waals surface area (Å²) in [6, 6.07) is 8.76. The number of amides is 1. The van der Waals surface area contributed by atoms with E-state index in [1.54, 1.807) is 12.1 Å². The molecule has 0 bridgehead atoms. The highest BCUT2D eigenvalue weighted by molar-refractivity contribution is 5.93. The fourth-order valence-corrected chi connectivity index (χ4v) is 3.95. The van der Waals surface area contributed by atoms with Crippen molar-refractivity contribution in [3.63, 3.8) is 0 Å². The van der Waals surface area contributed by atoms with E-state index in [-0.39, 0.29) is 24.2 Å². The number of nitrogens with zero attached hydrogens (tertiary/aromatic N) is 5. The number of benzene rings is 1. The Hall–Kier alpha value is -4.15. The van der Waals surface area contributed by atoms with Gasteiger partial charge in [-0.15, -0.1) is 0 Å². The lowest BCUT2D eigenvalue weighted by Crippen LogP contribution is -2.41. The molecule has 0 unspecified atom stereocenters. The second-order valence-electron chi connectivity index (χ2n) is 8.04. The first-order chi connectivity index (χ1) is 16.8. The summed E-state index contributed by atoms with van der Waals surface area (Å²) in [6.45, 7) is 1.43. The number of carbonyl (C=O) groups is 1. The maximum absolute atomic E-state index is 12.9. The van der Waals surface area contributed by atoms with Crippen LogP contribution in [0.4, 0.5) is 26.2 Å². The third-order valence-electron chi connectivity index (χ3n) is 5.68. The Morgan fingerprint density at radius 1 is 1.40 bits per heavy atom. The van der Waals surface area contributed by atoms with Crippen LogP contribution in [0, 0.1) is 11.3 Å². The molecule has 0 radical (unpaired) electrons. The number of hydrogen-bond acceptors (Lipinski definition) is 9. The zero-order valence-corrected chi connectivity index (χ0v) is 18.9. The summed E-state index contributed by atoms with van der Waals surface area (Å²) in [5, 5.41) is 34.6. The molecule has 4 rings (SSSR count). The molecule has 13 heteroatoms. The van der Waals surface area contributed by atoms with Crippen molar-refractivity contribution in [2.75, 3.05) is 31.0 Å². The smallest absolute Gasteiger partial charge is 0.269 e. The van der Waals surface area contributed by atoms with Gasteiger partial charge in [0, 0.05) is 31.4 Å². The van der Waals surface area contributed by atoms with Gasteiger partial charge in [0.25, 0.3) is 12.3 Å². The van der Waals surface area contributed by atoms with Gasteiger partial charge in [-0.25, -0.2) is 18.7 Å². The molecule has 35 heavy (non-hydrogen) atoms. The summed E-state index contributed by atoms with van der Waals surface area (Å²) >= 11 is 0. The van der Waals surface area contributed by atoms with E-state index in [2.05, 4.69) is 42.4 Å². The maximum Gasteiger partial charge on any atom is 0.269 e. The number of hydrogen-bond donors (Lipinski definition) is 5. The number of rotatable bonds is 8. The monoisotopic (exact) mass is 483 g/mol. The Labute approximate surface area is 199 Å². The number of halogens is 2. The molecule has 0 aliphatic carbocycles. The van der Waals surface area contributed by atoms with Crippen LogP contribution in [-0.2, 0) is 12.1 Å². The summed E-state index contributed by atoms with van der Waals surface area (Å²) in [7, 11) is 1.39. The van der Waals surface area contributed by atoms with Gasteiger partial charge in [-0.2, -0.15) is 10.4 Å². The van der Waals surface area contributed by atoms with Crippen molar-refractivity contribution in [3.05, 3.63) is 47.3 Å². The minimum Gasteiger partial charge on any atom is -0.381 e. The molecule has 1 aliphatic rings. The summed E-state index contributed by atoms with van der Waals surface area (Å²) in [5.41, 5.74) is 2.46. The fourth-order valence-electron chi connectivity index (χ4n) is 3.95. The molecule has 182 valence electrons. The standard InChI is InChI=1S/C22H23F2N9O2/c1-22(29-11-34)10-28-19-13(8-25)5-12(6-14(19)22)15-3-4-27-21(30-15)31-18-7-16(20(35)26-2)33(32-18)9-17(23)24/h3-7,17,28-29,34H,9-11H2,1-2H3,(H,26,35)(H,27,30,31,32)/t22-/m0/s1. The third kappa shape index (κ3) is 4.75. The number of aliphatic hydroxyl groups excluding tert-OH is 1. The van der Waals surface area contributed by atoms with E-state index in [0.717, 1.165) is 10.2 Å². The zero-order chi connectivity index (χ0) is 25.2. The number of nitriles is 1. The van der Waals surface area contributed by atoms with Crippen LogP contribution in [0.1, 0.15) is 28.5 Å². The number of aliphatic hydroxyl groups is 1. The maximum atomic E-state index is 12.9. The predicted molar refractivity (Wildman–Crippen MR) is 123 cm³/mol. The van der Waals surface area contributed by atoms with E-state index in [1.807, 2.05) is 13.0 Å². The van der Waals surface area contributed by atoms with Gasteiger partial charge >= 0.3 is 0 Å². The van der Waals surface area contributed by atoms with Gasteiger partial charge in [0.05, 0.1) is 29.2 Å². The predicted octanol–water partition coefficient (Wildman–Crippen LogP) is 1.76. The first-order valence-corrected chi connectivity index (χ1v) is 10.6. The van der Waals surface area contributed by atoms with Gasteiger partial charge in [0.15, 0.2) is 5.82 Å². The van der Waals surface area contributed by atoms with E-state index >= 15 is 0 Å². The molecular weight excluding hydrogens is 460 g/mol. The van der Waals surface area contributed by atoms with Gasteiger partial charge in [-0.3, -0.25) is 14.8 Å². The van der Waals surface area contributed by atoms with Crippen LogP contribution in [0.2, 0.25) is 0 Å². The van der Waals surface area contributed by atoms with Crippen LogP contribution in [0.15, 0.2) is 30.5 Å². The Morgan fingerprint density at radius 3 is 2.89 bits per heavy atom. The molecular formula is C22H23F2N9O2. The van der Waals surface area contributed by atoms with Crippen molar-refractivity contribution in [3.8, 4) is 17.3 Å². The lowest BCUT2D eigenvalue weighted by molar-refractivity contribution is 0.0932. The quantitative estimate of drug-likeness (QED) is 0.302. The average Bonchev–Trinajstić information content (AvgIpc) is 3.38. The number of alkyl halides is 2. The van der Waals surface area contributed by atoms with Crippen molar-refractivity contribution < 1.29 is 18.7 Å². The minimum atomic E-state index is -2.69. The Bertz CT molecular complexity index is 1300. The molecule has 1 atom stereocenters. The number of nitrogens with one attached hydrogen (secondary N) is 4. The number of anilines is 3. The van der Waals surface area contributed by atoms with Crippen LogP contribution in [0.25, 0.3) is 11.3 Å². The number of fused-ring (bicyclic) bond motifs is 1. The minimum absolute atomic E-state index is 0.0353. The van der Waals surface area contributed by atoms with Crippen LogP contribution in [0.5, 0.6) is 0 Å². The highest BCUT2D eigenvalue weighted by Gasteiger charge is 2.36. The van der Waals surface area contributed by atoms with Gasteiger partial charge in [-0.1, -0.05) is 0 Å². The van der Waals surface area contributed by atoms with Crippen LogP contribution >= 0.6 is 0 Å². The van der Waals surface area contributed by atoms with Gasteiger partial charge in [-0.05, 0) is 30.7 Å². The lowest BCUT2D eigenvalue weighted by atomic mass is 9.90. The second kappa shape index (κ2) is 9.61. The second-order valence-corrected chi connectivity index (χ2v) is 8.04. The van der Waals surface area contributed by atoms with Crippen LogP contribution in [-0.4, -0.2) is 57.5 Å². The van der Waals surface area contributed by atoms with Crippen molar-refractivity contribution in [1.82, 2.24) is 30.4 Å². The highest BCUT2D eigenvalue weighted by atomic mass is 19.3. The van der Waals surface area contributed by atoms with Crippen molar-refractivity contribution in [2.45, 2.75) is 25.4 Å². The van der Waals surface area contributed by atoms with E-state index in [0.29, 0.717) is 29.1 Å². The first kappa shape index (κ1) is 24.0. The van der Waals surface area contributed by atoms with E-state index in [1.165, 1.54) is 19.3 Å². The Kier molecular flexibility index (Phi) is 6.59. The van der Waals surface area contributed by atoms with Gasteiger partial charge in [0.2, 0.25) is 5.95 Å². The molecule has 1 aromatic carbocycles. The van der Waals surface area contributed by atoms with Gasteiger partial charge < -0.3 is 21.1 Å². The topological polar surface area (TPSA) is 153 Å². The summed E-state index contributed by atoms with van der Waals surface area (Å²) < 4.78 is 26.8. The summed E-state index contributed by atoms with van der Waals surface area (Å²) in [4.78, 5) is 20.7. The Morgan fingerprint density at radius 2 is 2.20 bits per heavy atom. The molecule has 1 aliphatic heterocycles. The van der Waals surface area contributed by atoms with E-state index < -0.39 is 24.4 Å². The largest absolute Gasteiger partial charge is 0.381 e. The molecule has 0 saturated carbocycles. The zero-order valence-electron chi connectivity index (χ0n) is 18.9. The van der Waals surface area contributed by atoms with E-state index in [9.17, 15) is 23.9 Å². The molecule has 0 spiro atoms. The highest BCUT2D eigenvalue weighted by Crippen LogP contribution is 2.39. The molecule has 11 nitrogen and oxygen atoms in total. The van der Waals surface area contributed by atoms with Gasteiger partial charge in [0.1, 0.15) is 18.3 Å². The average molecular weight is 483 g/mol. The Balaban J connectivity index is 1.68.